The highest BCUT2D eigenvalue weighted by Crippen LogP contribution is 2.26. The number of hydrogen-bond acceptors (Lipinski definition) is 10. The predicted molar refractivity (Wildman–Crippen MR) is 196 cm³/mol. The van der Waals surface area contributed by atoms with Gasteiger partial charge in [-0.2, -0.15) is 0 Å². The van der Waals surface area contributed by atoms with Crippen LogP contribution in [0.1, 0.15) is 16.7 Å². The molecule has 0 bridgehead atoms. The SMILES string of the molecule is COCc1cc(COC)cc(COC)c1.COc1ccc(Oc2ccc(OC)cc2)cc1.COc1ccc(S(=O)(=O)c2ccc(OC)cc2)cc1. The first-order chi connectivity index (χ1) is 24.7. The van der Waals surface area contributed by atoms with Crippen LogP contribution >= 0.6 is 0 Å². The fourth-order valence-electron chi connectivity index (χ4n) is 4.66. The summed E-state index contributed by atoms with van der Waals surface area (Å²) in [5.41, 5.74) is 3.46. The van der Waals surface area contributed by atoms with Gasteiger partial charge in [-0.05, 0) is 114 Å². The van der Waals surface area contributed by atoms with Gasteiger partial charge in [-0.1, -0.05) is 18.2 Å². The quantitative estimate of drug-likeness (QED) is 0.112. The Bertz CT molecular complexity index is 1660. The minimum Gasteiger partial charge on any atom is -0.497 e. The van der Waals surface area contributed by atoms with Crippen LogP contribution in [-0.2, 0) is 43.9 Å². The van der Waals surface area contributed by atoms with Crippen LogP contribution in [0.2, 0.25) is 0 Å². The van der Waals surface area contributed by atoms with Gasteiger partial charge in [-0.3, -0.25) is 0 Å². The normalized spacial score (nSPS) is 10.5. The molecule has 0 spiro atoms. The first-order valence-corrected chi connectivity index (χ1v) is 17.3. The Balaban J connectivity index is 0.000000208. The van der Waals surface area contributed by atoms with Crippen molar-refractivity contribution < 1.29 is 46.3 Å². The Morgan fingerprint density at radius 3 is 0.843 bits per heavy atom. The van der Waals surface area contributed by atoms with Gasteiger partial charge in [-0.15, -0.1) is 0 Å². The molecule has 0 heterocycles. The summed E-state index contributed by atoms with van der Waals surface area (Å²) in [6, 6.07) is 33.8. The molecular weight excluding hydrogens is 672 g/mol. The molecule has 272 valence electrons. The largest absolute Gasteiger partial charge is 0.497 e. The molecule has 0 amide bonds. The van der Waals surface area contributed by atoms with Crippen molar-refractivity contribution in [3.63, 3.8) is 0 Å². The van der Waals surface area contributed by atoms with Crippen LogP contribution in [0.15, 0.2) is 125 Å². The van der Waals surface area contributed by atoms with E-state index in [4.69, 9.17) is 37.9 Å². The van der Waals surface area contributed by atoms with E-state index >= 15 is 0 Å². The molecule has 10 nitrogen and oxygen atoms in total. The van der Waals surface area contributed by atoms with Gasteiger partial charge in [-0.25, -0.2) is 8.42 Å². The second-order valence-corrected chi connectivity index (χ2v) is 12.7. The zero-order valence-electron chi connectivity index (χ0n) is 30.1. The molecule has 0 saturated carbocycles. The number of sulfone groups is 1. The molecule has 5 rings (SSSR count). The molecule has 0 radical (unpaired) electrons. The van der Waals surface area contributed by atoms with E-state index in [1.165, 1.54) is 38.5 Å². The molecule has 51 heavy (non-hydrogen) atoms. The molecule has 0 unspecified atom stereocenters. The van der Waals surface area contributed by atoms with Gasteiger partial charge in [0.15, 0.2) is 0 Å². The van der Waals surface area contributed by atoms with E-state index in [1.807, 2.05) is 48.5 Å². The van der Waals surface area contributed by atoms with Crippen LogP contribution < -0.4 is 23.7 Å². The van der Waals surface area contributed by atoms with E-state index < -0.39 is 9.84 Å². The van der Waals surface area contributed by atoms with Crippen LogP contribution in [0.25, 0.3) is 0 Å². The summed E-state index contributed by atoms with van der Waals surface area (Å²) in [6.45, 7) is 1.86. The molecular formula is C40H46O10S. The van der Waals surface area contributed by atoms with Crippen molar-refractivity contribution in [3.05, 3.63) is 132 Å². The molecule has 0 N–H and O–H groups in total. The highest BCUT2D eigenvalue weighted by atomic mass is 32.2. The van der Waals surface area contributed by atoms with Crippen molar-refractivity contribution in [2.45, 2.75) is 29.6 Å². The summed E-state index contributed by atoms with van der Waals surface area (Å²) < 4.78 is 65.9. The van der Waals surface area contributed by atoms with Gasteiger partial charge in [0, 0.05) is 21.3 Å². The average Bonchev–Trinajstić information content (AvgIpc) is 3.16. The predicted octanol–water partition coefficient (Wildman–Crippen LogP) is 8.16. The van der Waals surface area contributed by atoms with Crippen molar-refractivity contribution in [2.75, 3.05) is 49.8 Å². The van der Waals surface area contributed by atoms with Gasteiger partial charge in [0.05, 0.1) is 58.1 Å². The lowest BCUT2D eigenvalue weighted by Crippen LogP contribution is -2.01. The molecule has 0 aliphatic rings. The lowest BCUT2D eigenvalue weighted by molar-refractivity contribution is 0.175. The van der Waals surface area contributed by atoms with Crippen LogP contribution in [-0.4, -0.2) is 58.2 Å². The van der Waals surface area contributed by atoms with Crippen LogP contribution in [0.5, 0.6) is 34.5 Å². The minimum absolute atomic E-state index is 0.235. The monoisotopic (exact) mass is 718 g/mol. The van der Waals surface area contributed by atoms with Crippen LogP contribution in [0.4, 0.5) is 0 Å². The van der Waals surface area contributed by atoms with E-state index in [1.54, 1.807) is 59.8 Å². The number of ether oxygens (including phenoxy) is 8. The zero-order chi connectivity index (χ0) is 37.1. The Labute approximate surface area is 301 Å². The molecule has 0 aromatic heterocycles. The smallest absolute Gasteiger partial charge is 0.206 e. The molecule has 0 fully saturated rings. The Hall–Kier alpha value is -5.07. The summed E-state index contributed by atoms with van der Waals surface area (Å²) in [6.07, 6.45) is 0. The van der Waals surface area contributed by atoms with Crippen molar-refractivity contribution in [3.8, 4) is 34.5 Å². The lowest BCUT2D eigenvalue weighted by atomic mass is 10.1. The molecule has 0 atom stereocenters. The van der Waals surface area contributed by atoms with Gasteiger partial charge >= 0.3 is 0 Å². The summed E-state index contributed by atoms with van der Waals surface area (Å²) >= 11 is 0. The van der Waals surface area contributed by atoms with Crippen LogP contribution in [0, 0.1) is 0 Å². The van der Waals surface area contributed by atoms with Crippen LogP contribution in [0.3, 0.4) is 0 Å². The maximum absolute atomic E-state index is 12.4. The third-order valence-electron chi connectivity index (χ3n) is 7.14. The second kappa shape index (κ2) is 21.2. The summed E-state index contributed by atoms with van der Waals surface area (Å²) in [5.74, 6) is 4.41. The summed E-state index contributed by atoms with van der Waals surface area (Å²) in [4.78, 5) is 0.469. The number of benzene rings is 5. The van der Waals surface area contributed by atoms with Crippen molar-refractivity contribution in [2.24, 2.45) is 0 Å². The maximum atomic E-state index is 12.4. The van der Waals surface area contributed by atoms with E-state index in [0.29, 0.717) is 31.3 Å². The highest BCUT2D eigenvalue weighted by molar-refractivity contribution is 7.91. The first kappa shape index (κ1) is 40.4. The van der Waals surface area contributed by atoms with Gasteiger partial charge < -0.3 is 37.9 Å². The second-order valence-electron chi connectivity index (χ2n) is 10.8. The minimum atomic E-state index is -3.50. The topological polar surface area (TPSA) is 108 Å². The highest BCUT2D eigenvalue weighted by Gasteiger charge is 2.17. The molecule has 11 heteroatoms. The van der Waals surface area contributed by atoms with E-state index in [-0.39, 0.29) is 9.79 Å². The van der Waals surface area contributed by atoms with Crippen molar-refractivity contribution >= 4 is 9.84 Å². The average molecular weight is 719 g/mol. The third-order valence-corrected chi connectivity index (χ3v) is 8.92. The number of rotatable bonds is 14. The standard InChI is InChI=1S/C14H14O4S.C14H14O3.C12H18O3/c1-17-11-3-7-13(8-4-11)19(15,16)14-9-5-12(18-2)6-10-14;1-15-11-3-7-13(8-4-11)17-14-9-5-12(16-2)6-10-14;1-13-7-10-4-11(8-14-2)6-12(5-10)9-15-3/h3-10H,1-2H3;3-10H,1-2H3;4-6H,7-9H2,1-3H3. The first-order valence-electron chi connectivity index (χ1n) is 15.8. The zero-order valence-corrected chi connectivity index (χ0v) is 30.9. The van der Waals surface area contributed by atoms with E-state index in [2.05, 4.69) is 18.2 Å². The molecule has 0 aliphatic heterocycles. The third kappa shape index (κ3) is 13.0. The maximum Gasteiger partial charge on any atom is 0.206 e. The van der Waals surface area contributed by atoms with Gasteiger partial charge in [0.2, 0.25) is 9.84 Å². The summed E-state index contributed by atoms with van der Waals surface area (Å²) in [5, 5.41) is 0. The number of methoxy groups -OCH3 is 7. The lowest BCUT2D eigenvalue weighted by Gasteiger charge is -2.08. The van der Waals surface area contributed by atoms with Gasteiger partial charge in [0.25, 0.3) is 0 Å². The van der Waals surface area contributed by atoms with E-state index in [0.717, 1.165) is 39.7 Å². The molecule has 5 aromatic carbocycles. The molecule has 0 saturated heterocycles. The molecule has 0 aliphatic carbocycles. The van der Waals surface area contributed by atoms with E-state index in [9.17, 15) is 8.42 Å². The number of hydrogen-bond donors (Lipinski definition) is 0. The Kier molecular flexibility index (Phi) is 16.8. The fourth-order valence-corrected chi connectivity index (χ4v) is 5.92. The van der Waals surface area contributed by atoms with Crippen molar-refractivity contribution in [1.82, 2.24) is 0 Å². The Morgan fingerprint density at radius 1 is 0.373 bits per heavy atom. The fraction of sp³-hybridized carbons (Fsp3) is 0.250. The van der Waals surface area contributed by atoms with Crippen molar-refractivity contribution in [1.29, 1.82) is 0 Å². The van der Waals surface area contributed by atoms with Gasteiger partial charge in [0.1, 0.15) is 34.5 Å². The Morgan fingerprint density at radius 2 is 0.608 bits per heavy atom. The summed E-state index contributed by atoms with van der Waals surface area (Å²) in [7, 11) is 7.93. The molecule has 5 aromatic rings.